The molecule has 0 saturated carbocycles. The number of piperidine rings is 1. The maximum Gasteiger partial charge on any atom is 0.119 e. The molecule has 0 bridgehead atoms. The molecule has 17 heavy (non-hydrogen) atoms. The molecule has 1 aromatic carbocycles. The van der Waals surface area contributed by atoms with Crippen LogP contribution in [0.1, 0.15) is 13.3 Å². The Balaban J connectivity index is 1.94. The molecule has 0 radical (unpaired) electrons. The van der Waals surface area contributed by atoms with E-state index >= 15 is 0 Å². The fourth-order valence-corrected chi connectivity index (χ4v) is 3.32. The highest BCUT2D eigenvalue weighted by Gasteiger charge is 2.26. The highest BCUT2D eigenvalue weighted by molar-refractivity contribution is 7.11. The van der Waals surface area contributed by atoms with E-state index < -0.39 is 0 Å². The van der Waals surface area contributed by atoms with Gasteiger partial charge in [0.1, 0.15) is 5.00 Å². The van der Waals surface area contributed by atoms with Gasteiger partial charge in [-0.2, -0.15) is 4.37 Å². The van der Waals surface area contributed by atoms with Crippen molar-refractivity contribution in [2.45, 2.75) is 19.4 Å². The van der Waals surface area contributed by atoms with Gasteiger partial charge in [-0.15, -0.1) is 0 Å². The van der Waals surface area contributed by atoms with Crippen LogP contribution in [0.25, 0.3) is 10.9 Å². The number of aromatic nitrogens is 1. The number of nitrogens with zero attached hydrogens (tertiary/aromatic N) is 2. The van der Waals surface area contributed by atoms with Crippen LogP contribution in [-0.2, 0) is 0 Å². The molecule has 4 heteroatoms. The van der Waals surface area contributed by atoms with Crippen molar-refractivity contribution in [1.82, 2.24) is 4.37 Å². The second-order valence-corrected chi connectivity index (χ2v) is 5.54. The van der Waals surface area contributed by atoms with Crippen molar-refractivity contribution in [2.24, 2.45) is 5.92 Å². The first-order valence-corrected chi connectivity index (χ1v) is 6.80. The molecule has 2 heterocycles. The zero-order valence-corrected chi connectivity index (χ0v) is 10.7. The molecule has 0 spiro atoms. The summed E-state index contributed by atoms with van der Waals surface area (Å²) in [5.41, 5.74) is 1.08. The smallest absolute Gasteiger partial charge is 0.119 e. The molecular formula is C13H16N2OS. The van der Waals surface area contributed by atoms with E-state index in [1.165, 1.54) is 10.4 Å². The standard InChI is InChI=1S/C13H16N2OS/c1-9-8-15(7-6-12(9)16)13-10-4-2-3-5-11(10)14-17-13/h2-5,9,12,16H,6-8H2,1H3. The third kappa shape index (κ3) is 1.91. The van der Waals surface area contributed by atoms with Gasteiger partial charge in [-0.05, 0) is 36.0 Å². The number of hydrogen-bond acceptors (Lipinski definition) is 4. The quantitative estimate of drug-likeness (QED) is 0.842. The summed E-state index contributed by atoms with van der Waals surface area (Å²) in [6, 6.07) is 8.26. The van der Waals surface area contributed by atoms with Crippen molar-refractivity contribution in [1.29, 1.82) is 0 Å². The average molecular weight is 248 g/mol. The molecule has 0 amide bonds. The molecule has 1 N–H and O–H groups in total. The number of rotatable bonds is 1. The van der Waals surface area contributed by atoms with E-state index in [-0.39, 0.29) is 6.10 Å². The van der Waals surface area contributed by atoms with Gasteiger partial charge in [0.05, 0.1) is 11.6 Å². The van der Waals surface area contributed by atoms with Gasteiger partial charge < -0.3 is 10.0 Å². The zero-order chi connectivity index (χ0) is 11.8. The average Bonchev–Trinajstić information content (AvgIpc) is 2.76. The van der Waals surface area contributed by atoms with E-state index in [0.29, 0.717) is 5.92 Å². The first-order chi connectivity index (χ1) is 8.25. The fraction of sp³-hybridized carbons (Fsp3) is 0.462. The van der Waals surface area contributed by atoms with E-state index in [9.17, 15) is 5.11 Å². The summed E-state index contributed by atoms with van der Waals surface area (Å²) in [6.45, 7) is 3.96. The Kier molecular flexibility index (Phi) is 2.76. The van der Waals surface area contributed by atoms with Crippen LogP contribution in [-0.4, -0.2) is 28.7 Å². The fourth-order valence-electron chi connectivity index (χ4n) is 2.42. The van der Waals surface area contributed by atoms with Crippen LogP contribution in [0.2, 0.25) is 0 Å². The first kappa shape index (κ1) is 11.0. The molecule has 3 nitrogen and oxygen atoms in total. The number of aliphatic hydroxyl groups excluding tert-OH is 1. The van der Waals surface area contributed by atoms with Gasteiger partial charge in [-0.25, -0.2) is 0 Å². The Hall–Kier alpha value is -1.13. The normalized spacial score (nSPS) is 25.4. The number of anilines is 1. The maximum atomic E-state index is 9.77. The lowest BCUT2D eigenvalue weighted by atomic mass is 9.97. The van der Waals surface area contributed by atoms with Gasteiger partial charge in [0.2, 0.25) is 0 Å². The molecule has 1 saturated heterocycles. The Morgan fingerprint density at radius 2 is 2.24 bits per heavy atom. The van der Waals surface area contributed by atoms with Crippen LogP contribution in [0.15, 0.2) is 24.3 Å². The van der Waals surface area contributed by atoms with Gasteiger partial charge in [-0.3, -0.25) is 0 Å². The van der Waals surface area contributed by atoms with Gasteiger partial charge >= 0.3 is 0 Å². The van der Waals surface area contributed by atoms with Crippen molar-refractivity contribution >= 4 is 27.4 Å². The SMILES string of the molecule is CC1CN(c2snc3ccccc23)CCC1O. The molecule has 2 atom stereocenters. The molecule has 0 aliphatic carbocycles. The Bertz CT molecular complexity index is 525. The monoisotopic (exact) mass is 248 g/mol. The van der Waals surface area contributed by atoms with Gasteiger partial charge in [-0.1, -0.05) is 19.1 Å². The molecule has 1 aromatic heterocycles. The number of aliphatic hydroxyl groups is 1. The van der Waals surface area contributed by atoms with Crippen LogP contribution in [0.5, 0.6) is 0 Å². The highest BCUT2D eigenvalue weighted by Crippen LogP contribution is 2.33. The van der Waals surface area contributed by atoms with Crippen LogP contribution in [0, 0.1) is 5.92 Å². The van der Waals surface area contributed by atoms with E-state index in [4.69, 9.17) is 0 Å². The van der Waals surface area contributed by atoms with Gasteiger partial charge in [0, 0.05) is 18.5 Å². The summed E-state index contributed by atoms with van der Waals surface area (Å²) in [6.07, 6.45) is 0.707. The summed E-state index contributed by atoms with van der Waals surface area (Å²) in [7, 11) is 0. The first-order valence-electron chi connectivity index (χ1n) is 6.03. The second kappa shape index (κ2) is 4.27. The van der Waals surface area contributed by atoms with Crippen molar-refractivity contribution < 1.29 is 5.11 Å². The topological polar surface area (TPSA) is 36.4 Å². The number of benzene rings is 1. The molecular weight excluding hydrogens is 232 g/mol. The van der Waals surface area contributed by atoms with Gasteiger partial charge in [0.15, 0.2) is 0 Å². The predicted molar refractivity (Wildman–Crippen MR) is 71.6 cm³/mol. The summed E-state index contributed by atoms with van der Waals surface area (Å²) in [4.78, 5) is 2.36. The minimum Gasteiger partial charge on any atom is -0.393 e. The van der Waals surface area contributed by atoms with Crippen molar-refractivity contribution in [3.05, 3.63) is 24.3 Å². The van der Waals surface area contributed by atoms with Gasteiger partial charge in [0.25, 0.3) is 0 Å². The second-order valence-electron chi connectivity index (χ2n) is 4.78. The summed E-state index contributed by atoms with van der Waals surface area (Å²) in [5, 5.41) is 12.3. The minimum atomic E-state index is -0.148. The summed E-state index contributed by atoms with van der Waals surface area (Å²) >= 11 is 1.57. The molecule has 90 valence electrons. The predicted octanol–water partition coefficient (Wildman–Crippen LogP) is 2.50. The third-order valence-corrected chi connectivity index (χ3v) is 4.45. The van der Waals surface area contributed by atoms with E-state index in [0.717, 1.165) is 25.0 Å². The van der Waals surface area contributed by atoms with E-state index in [1.807, 2.05) is 6.07 Å². The lowest BCUT2D eigenvalue weighted by Gasteiger charge is -2.34. The lowest BCUT2D eigenvalue weighted by molar-refractivity contribution is 0.0973. The molecule has 2 unspecified atom stereocenters. The van der Waals surface area contributed by atoms with Crippen molar-refractivity contribution in [3.63, 3.8) is 0 Å². The summed E-state index contributed by atoms with van der Waals surface area (Å²) < 4.78 is 4.48. The largest absolute Gasteiger partial charge is 0.393 e. The van der Waals surface area contributed by atoms with Crippen LogP contribution in [0.3, 0.4) is 0 Å². The molecule has 1 aliphatic rings. The van der Waals surface area contributed by atoms with Crippen molar-refractivity contribution in [3.8, 4) is 0 Å². The van der Waals surface area contributed by atoms with Crippen LogP contribution >= 0.6 is 11.5 Å². The lowest BCUT2D eigenvalue weighted by Crippen LogP contribution is -2.41. The number of hydrogen-bond donors (Lipinski definition) is 1. The van der Waals surface area contributed by atoms with E-state index in [1.54, 1.807) is 11.5 Å². The highest BCUT2D eigenvalue weighted by atomic mass is 32.1. The molecule has 1 fully saturated rings. The number of fused-ring (bicyclic) bond motifs is 1. The Morgan fingerprint density at radius 1 is 1.41 bits per heavy atom. The maximum absolute atomic E-state index is 9.77. The molecule has 3 rings (SSSR count). The Labute approximate surface area is 105 Å². The zero-order valence-electron chi connectivity index (χ0n) is 9.84. The van der Waals surface area contributed by atoms with Crippen LogP contribution in [0.4, 0.5) is 5.00 Å². The minimum absolute atomic E-state index is 0.148. The Morgan fingerprint density at radius 3 is 3.06 bits per heavy atom. The van der Waals surface area contributed by atoms with E-state index in [2.05, 4.69) is 34.4 Å². The molecule has 2 aromatic rings. The summed E-state index contributed by atoms with van der Waals surface area (Å²) in [5.74, 6) is 0.338. The molecule has 1 aliphatic heterocycles. The van der Waals surface area contributed by atoms with Crippen molar-refractivity contribution in [2.75, 3.05) is 18.0 Å². The van der Waals surface area contributed by atoms with Crippen LogP contribution < -0.4 is 4.90 Å². The third-order valence-electron chi connectivity index (χ3n) is 3.51.